The Morgan fingerprint density at radius 3 is 2.48 bits per heavy atom. The van der Waals surface area contributed by atoms with Gasteiger partial charge in [-0.2, -0.15) is 0 Å². The first-order valence-electron chi connectivity index (χ1n) is 6.95. The summed E-state index contributed by atoms with van der Waals surface area (Å²) >= 11 is 0. The number of aromatic nitrogens is 2. The van der Waals surface area contributed by atoms with Crippen molar-refractivity contribution in [3.63, 3.8) is 0 Å². The molecule has 0 aliphatic rings. The van der Waals surface area contributed by atoms with E-state index in [0.29, 0.717) is 24.0 Å². The maximum absolute atomic E-state index is 13.7. The molecule has 0 saturated carbocycles. The normalized spacial score (nSPS) is 10.6. The summed E-state index contributed by atoms with van der Waals surface area (Å²) in [6.45, 7) is 2.14. The lowest BCUT2D eigenvalue weighted by Gasteiger charge is -2.11. The lowest BCUT2D eigenvalue weighted by molar-refractivity contribution is 0.518. The van der Waals surface area contributed by atoms with E-state index in [1.54, 1.807) is 25.3 Å². The topological polar surface area (TPSA) is 63.0 Å². The Labute approximate surface area is 131 Å². The van der Waals surface area contributed by atoms with Crippen molar-refractivity contribution in [3.05, 3.63) is 65.9 Å². The molecule has 118 valence electrons. The standard InChI is InChI=1S/C16H14F2N4O/c1-10-20-14(19-9-11-4-3-7-23-11)8-15(21-10)22-16-12(17)5-2-6-13(16)18/h2-8H,9H2,1H3,(H2,19,20,21,22). The summed E-state index contributed by atoms with van der Waals surface area (Å²) in [4.78, 5) is 8.37. The smallest absolute Gasteiger partial charge is 0.149 e. The van der Waals surface area contributed by atoms with Gasteiger partial charge in [0, 0.05) is 6.07 Å². The number of hydrogen-bond donors (Lipinski definition) is 2. The van der Waals surface area contributed by atoms with Crippen molar-refractivity contribution < 1.29 is 13.2 Å². The summed E-state index contributed by atoms with van der Waals surface area (Å²) in [6, 6.07) is 8.84. The third-order valence-electron chi connectivity index (χ3n) is 3.08. The minimum atomic E-state index is -0.689. The van der Waals surface area contributed by atoms with Crippen LogP contribution in [0.2, 0.25) is 0 Å². The van der Waals surface area contributed by atoms with E-state index in [-0.39, 0.29) is 5.69 Å². The van der Waals surface area contributed by atoms with Gasteiger partial charge in [-0.25, -0.2) is 18.7 Å². The van der Waals surface area contributed by atoms with E-state index in [1.807, 2.05) is 6.07 Å². The predicted octanol–water partition coefficient (Wildman–Crippen LogP) is 4.01. The molecule has 5 nitrogen and oxygen atoms in total. The Morgan fingerprint density at radius 1 is 1.04 bits per heavy atom. The van der Waals surface area contributed by atoms with Crippen molar-refractivity contribution in [1.82, 2.24) is 9.97 Å². The molecule has 0 spiro atoms. The minimum absolute atomic E-state index is 0.248. The fourth-order valence-corrected chi connectivity index (χ4v) is 2.06. The van der Waals surface area contributed by atoms with Crippen molar-refractivity contribution in [1.29, 1.82) is 0 Å². The molecule has 3 rings (SSSR count). The van der Waals surface area contributed by atoms with E-state index in [0.717, 1.165) is 5.76 Å². The summed E-state index contributed by atoms with van der Waals surface area (Å²) in [6.07, 6.45) is 1.58. The van der Waals surface area contributed by atoms with Crippen LogP contribution in [0, 0.1) is 18.6 Å². The molecule has 0 aliphatic heterocycles. The van der Waals surface area contributed by atoms with Gasteiger partial charge in [0.1, 0.15) is 40.5 Å². The molecule has 0 atom stereocenters. The van der Waals surface area contributed by atoms with Crippen molar-refractivity contribution in [3.8, 4) is 0 Å². The van der Waals surface area contributed by atoms with Gasteiger partial charge in [-0.3, -0.25) is 0 Å². The Kier molecular flexibility index (Phi) is 4.18. The monoisotopic (exact) mass is 316 g/mol. The molecule has 0 amide bonds. The Hall–Kier alpha value is -2.96. The van der Waals surface area contributed by atoms with E-state index >= 15 is 0 Å². The van der Waals surface area contributed by atoms with E-state index in [4.69, 9.17) is 4.42 Å². The fourth-order valence-electron chi connectivity index (χ4n) is 2.06. The largest absolute Gasteiger partial charge is 0.467 e. The van der Waals surface area contributed by atoms with Gasteiger partial charge in [-0.1, -0.05) is 6.07 Å². The molecule has 7 heteroatoms. The van der Waals surface area contributed by atoms with Gasteiger partial charge in [0.25, 0.3) is 0 Å². The first-order valence-corrected chi connectivity index (χ1v) is 6.95. The van der Waals surface area contributed by atoms with Gasteiger partial charge in [-0.15, -0.1) is 0 Å². The summed E-state index contributed by atoms with van der Waals surface area (Å²) in [5.74, 6) is 0.652. The number of para-hydroxylation sites is 1. The molecule has 1 aromatic carbocycles. The maximum Gasteiger partial charge on any atom is 0.149 e. The highest BCUT2D eigenvalue weighted by atomic mass is 19.1. The van der Waals surface area contributed by atoms with Crippen LogP contribution in [0.3, 0.4) is 0 Å². The number of rotatable bonds is 5. The van der Waals surface area contributed by atoms with Crippen LogP contribution in [0.15, 0.2) is 47.1 Å². The second-order valence-corrected chi connectivity index (χ2v) is 4.84. The first kappa shape index (κ1) is 15.0. The van der Waals surface area contributed by atoms with Gasteiger partial charge < -0.3 is 15.1 Å². The van der Waals surface area contributed by atoms with Gasteiger partial charge in [0.2, 0.25) is 0 Å². The average Bonchev–Trinajstić information content (AvgIpc) is 3.02. The van der Waals surface area contributed by atoms with Gasteiger partial charge in [-0.05, 0) is 31.2 Å². The third-order valence-corrected chi connectivity index (χ3v) is 3.08. The van der Waals surface area contributed by atoms with E-state index in [2.05, 4.69) is 20.6 Å². The molecule has 3 aromatic rings. The maximum atomic E-state index is 13.7. The number of furan rings is 1. The van der Waals surface area contributed by atoms with E-state index < -0.39 is 11.6 Å². The zero-order valence-corrected chi connectivity index (χ0v) is 12.3. The fraction of sp³-hybridized carbons (Fsp3) is 0.125. The summed E-state index contributed by atoms with van der Waals surface area (Å²) in [7, 11) is 0. The number of hydrogen-bond acceptors (Lipinski definition) is 5. The van der Waals surface area contributed by atoms with Crippen molar-refractivity contribution in [2.75, 3.05) is 10.6 Å². The summed E-state index contributed by atoms with van der Waals surface area (Å²) in [5.41, 5.74) is -0.248. The number of nitrogens with zero attached hydrogens (tertiary/aromatic N) is 2. The van der Waals surface area contributed by atoms with Crippen molar-refractivity contribution in [2.45, 2.75) is 13.5 Å². The molecule has 0 saturated heterocycles. The van der Waals surface area contributed by atoms with Crippen LogP contribution in [0.4, 0.5) is 26.1 Å². The molecule has 0 fully saturated rings. The van der Waals surface area contributed by atoms with Crippen LogP contribution >= 0.6 is 0 Å². The SMILES string of the molecule is Cc1nc(NCc2ccco2)cc(Nc2c(F)cccc2F)n1. The van der Waals surface area contributed by atoms with Gasteiger partial charge in [0.05, 0.1) is 12.8 Å². The number of aryl methyl sites for hydroxylation is 1. The molecule has 0 aliphatic carbocycles. The molecule has 2 N–H and O–H groups in total. The summed E-state index contributed by atoms with van der Waals surface area (Å²) in [5, 5.41) is 5.72. The molecule has 0 bridgehead atoms. The molecule has 0 radical (unpaired) electrons. The lowest BCUT2D eigenvalue weighted by atomic mass is 10.3. The zero-order valence-electron chi connectivity index (χ0n) is 12.3. The van der Waals surface area contributed by atoms with Crippen molar-refractivity contribution in [2.24, 2.45) is 0 Å². The van der Waals surface area contributed by atoms with Crippen LogP contribution in [0.1, 0.15) is 11.6 Å². The zero-order chi connectivity index (χ0) is 16.2. The van der Waals surface area contributed by atoms with E-state index in [1.165, 1.54) is 18.2 Å². The van der Waals surface area contributed by atoms with Crippen LogP contribution < -0.4 is 10.6 Å². The first-order chi connectivity index (χ1) is 11.1. The number of halogens is 2. The Bertz CT molecular complexity index is 786. The van der Waals surface area contributed by atoms with Crippen LogP contribution in [0.5, 0.6) is 0 Å². The summed E-state index contributed by atoms with van der Waals surface area (Å²) < 4.78 is 32.6. The number of anilines is 3. The lowest BCUT2D eigenvalue weighted by Crippen LogP contribution is -2.06. The van der Waals surface area contributed by atoms with Crippen LogP contribution in [0.25, 0.3) is 0 Å². The minimum Gasteiger partial charge on any atom is -0.467 e. The Morgan fingerprint density at radius 2 is 1.78 bits per heavy atom. The van der Waals surface area contributed by atoms with Crippen LogP contribution in [-0.4, -0.2) is 9.97 Å². The molecular formula is C16H14F2N4O. The highest BCUT2D eigenvalue weighted by Gasteiger charge is 2.10. The van der Waals surface area contributed by atoms with Crippen molar-refractivity contribution >= 4 is 17.3 Å². The molecule has 23 heavy (non-hydrogen) atoms. The van der Waals surface area contributed by atoms with Gasteiger partial charge in [0.15, 0.2) is 0 Å². The highest BCUT2D eigenvalue weighted by molar-refractivity contribution is 5.60. The molecule has 2 aromatic heterocycles. The third kappa shape index (κ3) is 3.63. The molecule has 2 heterocycles. The molecule has 0 unspecified atom stereocenters. The average molecular weight is 316 g/mol. The number of benzene rings is 1. The highest BCUT2D eigenvalue weighted by Crippen LogP contribution is 2.23. The second-order valence-electron chi connectivity index (χ2n) is 4.84. The van der Waals surface area contributed by atoms with E-state index in [9.17, 15) is 8.78 Å². The number of nitrogens with one attached hydrogen (secondary N) is 2. The van der Waals surface area contributed by atoms with Gasteiger partial charge >= 0.3 is 0 Å². The quantitative estimate of drug-likeness (QED) is 0.744. The van der Waals surface area contributed by atoms with Crippen LogP contribution in [-0.2, 0) is 6.54 Å². The second kappa shape index (κ2) is 6.43. The predicted molar refractivity (Wildman–Crippen MR) is 82.4 cm³/mol. The Balaban J connectivity index is 1.80. The molecular weight excluding hydrogens is 302 g/mol.